The molecule has 0 radical (unpaired) electrons. The van der Waals surface area contributed by atoms with Crippen molar-refractivity contribution in [3.8, 4) is 0 Å². The van der Waals surface area contributed by atoms with Crippen molar-refractivity contribution >= 4 is 40.5 Å². The molecule has 0 unspecified atom stereocenters. The number of rotatable bonds is 3. The molecule has 0 saturated heterocycles. The van der Waals surface area contributed by atoms with Crippen LogP contribution in [0.1, 0.15) is 10.4 Å². The van der Waals surface area contributed by atoms with Crippen LogP contribution in [0.2, 0.25) is 10.2 Å². The maximum atomic E-state index is 13.2. The lowest BCUT2D eigenvalue weighted by molar-refractivity contribution is 0.102. The number of nitrogens with one attached hydrogen (secondary N) is 1. The second-order valence-electron chi connectivity index (χ2n) is 4.48. The van der Waals surface area contributed by atoms with Crippen LogP contribution in [0.25, 0.3) is 0 Å². The summed E-state index contributed by atoms with van der Waals surface area (Å²) in [6.45, 7) is 0. The lowest BCUT2D eigenvalue weighted by Gasteiger charge is -2.19. The van der Waals surface area contributed by atoms with Gasteiger partial charge in [0.2, 0.25) is 0 Å². The Labute approximate surface area is 131 Å². The molecular formula is C14H12Cl2FN3O. The van der Waals surface area contributed by atoms with Crippen molar-refractivity contribution in [3.63, 3.8) is 0 Å². The van der Waals surface area contributed by atoms with Crippen LogP contribution in [-0.2, 0) is 0 Å². The first-order chi connectivity index (χ1) is 9.90. The first-order valence-electron chi connectivity index (χ1n) is 5.98. The third kappa shape index (κ3) is 3.43. The molecule has 1 N–H and O–H groups in total. The molecule has 1 amide bonds. The predicted octanol–water partition coefficient (Wildman–Crippen LogP) is 3.85. The Morgan fingerprint density at radius 2 is 2.05 bits per heavy atom. The zero-order valence-electron chi connectivity index (χ0n) is 11.3. The molecular weight excluding hydrogens is 316 g/mol. The Kier molecular flexibility index (Phi) is 4.65. The Bertz CT molecular complexity index is 692. The van der Waals surface area contributed by atoms with Crippen molar-refractivity contribution in [1.82, 2.24) is 4.98 Å². The van der Waals surface area contributed by atoms with Crippen LogP contribution in [0.5, 0.6) is 0 Å². The molecule has 1 aromatic heterocycles. The maximum absolute atomic E-state index is 13.2. The summed E-state index contributed by atoms with van der Waals surface area (Å²) in [6, 6.07) is 6.14. The number of nitrogens with zero attached hydrogens (tertiary/aromatic N) is 2. The molecule has 0 atom stereocenters. The summed E-state index contributed by atoms with van der Waals surface area (Å²) in [5.41, 5.74) is 1.10. The molecule has 2 aromatic rings. The Morgan fingerprint density at radius 1 is 1.33 bits per heavy atom. The number of pyridine rings is 1. The smallest absolute Gasteiger partial charge is 0.258 e. The van der Waals surface area contributed by atoms with E-state index in [1.807, 2.05) is 0 Å². The van der Waals surface area contributed by atoms with Gasteiger partial charge in [-0.2, -0.15) is 0 Å². The van der Waals surface area contributed by atoms with Gasteiger partial charge in [0.25, 0.3) is 5.91 Å². The van der Waals surface area contributed by atoms with Gasteiger partial charge in [-0.15, -0.1) is 0 Å². The molecule has 0 fully saturated rings. The number of benzene rings is 1. The van der Waals surface area contributed by atoms with Gasteiger partial charge in [0.15, 0.2) is 0 Å². The first kappa shape index (κ1) is 15.5. The molecule has 21 heavy (non-hydrogen) atoms. The normalized spacial score (nSPS) is 10.3. The molecule has 0 aliphatic rings. The van der Waals surface area contributed by atoms with Gasteiger partial charge in [-0.05, 0) is 18.2 Å². The highest BCUT2D eigenvalue weighted by molar-refractivity contribution is 6.35. The fourth-order valence-corrected chi connectivity index (χ4v) is 2.37. The van der Waals surface area contributed by atoms with Gasteiger partial charge >= 0.3 is 0 Å². The average molecular weight is 328 g/mol. The first-order valence-corrected chi connectivity index (χ1v) is 6.74. The van der Waals surface area contributed by atoms with Crippen molar-refractivity contribution in [2.75, 3.05) is 24.3 Å². The van der Waals surface area contributed by atoms with E-state index in [1.54, 1.807) is 37.2 Å². The summed E-state index contributed by atoms with van der Waals surface area (Å²) in [7, 11) is 3.60. The van der Waals surface area contributed by atoms with Crippen LogP contribution >= 0.6 is 23.2 Å². The Balaban J connectivity index is 2.36. The highest BCUT2D eigenvalue weighted by Gasteiger charge is 2.16. The molecule has 7 heteroatoms. The highest BCUT2D eigenvalue weighted by Crippen LogP contribution is 2.33. The molecule has 0 spiro atoms. The van der Waals surface area contributed by atoms with Crippen molar-refractivity contribution in [2.45, 2.75) is 0 Å². The number of amides is 1. The molecule has 2 rings (SSSR count). The van der Waals surface area contributed by atoms with Crippen LogP contribution in [0.15, 0.2) is 30.5 Å². The van der Waals surface area contributed by atoms with Crippen LogP contribution in [0.3, 0.4) is 0 Å². The standard InChI is InChI=1S/C14H12Cl2FN3O/c1-20(2)12-10(15)4-3-5-11(12)19-14(21)9-6-8(17)7-18-13(9)16/h3-7H,1-2H3,(H,19,21). The minimum absolute atomic E-state index is 0.0404. The van der Waals surface area contributed by atoms with Crippen molar-refractivity contribution in [2.24, 2.45) is 0 Å². The minimum Gasteiger partial charge on any atom is -0.375 e. The second kappa shape index (κ2) is 6.28. The number of carbonyl (C=O) groups excluding carboxylic acids is 1. The minimum atomic E-state index is -0.636. The van der Waals surface area contributed by atoms with E-state index in [2.05, 4.69) is 10.3 Å². The van der Waals surface area contributed by atoms with Crippen molar-refractivity contribution in [3.05, 3.63) is 52.0 Å². The number of halogens is 3. The SMILES string of the molecule is CN(C)c1c(Cl)cccc1NC(=O)c1cc(F)cnc1Cl. The fraction of sp³-hybridized carbons (Fsp3) is 0.143. The molecule has 0 aliphatic heterocycles. The van der Waals surface area contributed by atoms with Crippen LogP contribution < -0.4 is 10.2 Å². The number of para-hydroxylation sites is 1. The molecule has 0 bridgehead atoms. The number of hydrogen-bond donors (Lipinski definition) is 1. The molecule has 110 valence electrons. The topological polar surface area (TPSA) is 45.2 Å². The number of anilines is 2. The van der Waals surface area contributed by atoms with Crippen LogP contribution in [0, 0.1) is 5.82 Å². The van der Waals surface area contributed by atoms with E-state index in [0.717, 1.165) is 12.3 Å². The lowest BCUT2D eigenvalue weighted by Crippen LogP contribution is -2.17. The summed E-state index contributed by atoms with van der Waals surface area (Å²) in [5, 5.41) is 3.08. The van der Waals surface area contributed by atoms with Gasteiger partial charge in [0, 0.05) is 14.1 Å². The molecule has 1 heterocycles. The molecule has 1 aromatic carbocycles. The Morgan fingerprint density at radius 3 is 2.71 bits per heavy atom. The largest absolute Gasteiger partial charge is 0.375 e. The number of aromatic nitrogens is 1. The summed E-state index contributed by atoms with van der Waals surface area (Å²) >= 11 is 11.9. The van der Waals surface area contributed by atoms with Crippen molar-refractivity contribution in [1.29, 1.82) is 0 Å². The number of carbonyl (C=O) groups is 1. The Hall–Kier alpha value is -1.85. The fourth-order valence-electron chi connectivity index (χ4n) is 1.84. The van der Waals surface area contributed by atoms with Gasteiger partial charge in [-0.3, -0.25) is 4.79 Å². The second-order valence-corrected chi connectivity index (χ2v) is 5.24. The third-order valence-electron chi connectivity index (χ3n) is 2.73. The molecule has 0 aliphatic carbocycles. The van der Waals surface area contributed by atoms with Gasteiger partial charge in [0.05, 0.1) is 28.2 Å². The van der Waals surface area contributed by atoms with E-state index >= 15 is 0 Å². The number of hydrogen-bond acceptors (Lipinski definition) is 3. The van der Waals surface area contributed by atoms with Gasteiger partial charge in [-0.25, -0.2) is 9.37 Å². The van der Waals surface area contributed by atoms with Crippen molar-refractivity contribution < 1.29 is 9.18 Å². The van der Waals surface area contributed by atoms with Crippen LogP contribution in [0.4, 0.5) is 15.8 Å². The molecule has 0 saturated carbocycles. The maximum Gasteiger partial charge on any atom is 0.258 e. The van der Waals surface area contributed by atoms with Gasteiger partial charge < -0.3 is 10.2 Å². The monoisotopic (exact) mass is 327 g/mol. The lowest BCUT2D eigenvalue weighted by atomic mass is 10.2. The average Bonchev–Trinajstić information content (AvgIpc) is 2.41. The molecule has 4 nitrogen and oxygen atoms in total. The summed E-state index contributed by atoms with van der Waals surface area (Å²) in [6.07, 6.45) is 0.948. The van der Waals surface area contributed by atoms with E-state index in [9.17, 15) is 9.18 Å². The quantitative estimate of drug-likeness (QED) is 0.871. The van der Waals surface area contributed by atoms with E-state index in [1.165, 1.54) is 0 Å². The zero-order chi connectivity index (χ0) is 15.6. The summed E-state index contributed by atoms with van der Waals surface area (Å²) in [5.74, 6) is -1.19. The van der Waals surface area contributed by atoms with E-state index in [4.69, 9.17) is 23.2 Å². The predicted molar refractivity (Wildman–Crippen MR) is 82.9 cm³/mol. The summed E-state index contributed by atoms with van der Waals surface area (Å²) < 4.78 is 13.2. The van der Waals surface area contributed by atoms with Gasteiger partial charge in [-0.1, -0.05) is 29.3 Å². The van der Waals surface area contributed by atoms with E-state index in [-0.39, 0.29) is 10.7 Å². The zero-order valence-corrected chi connectivity index (χ0v) is 12.8. The third-order valence-corrected chi connectivity index (χ3v) is 3.34. The van der Waals surface area contributed by atoms with Gasteiger partial charge in [0.1, 0.15) is 11.0 Å². The summed E-state index contributed by atoms with van der Waals surface area (Å²) in [4.78, 5) is 17.6. The van der Waals surface area contributed by atoms with E-state index in [0.29, 0.717) is 16.4 Å². The van der Waals surface area contributed by atoms with E-state index < -0.39 is 11.7 Å². The van der Waals surface area contributed by atoms with Crippen LogP contribution in [-0.4, -0.2) is 25.0 Å². The highest BCUT2D eigenvalue weighted by atomic mass is 35.5.